The van der Waals surface area contributed by atoms with Crippen LogP contribution in [0.15, 0.2) is 94.8 Å². The average Bonchev–Trinajstić information content (AvgIpc) is 2.90. The highest BCUT2D eigenvalue weighted by Gasteiger charge is 2.44. The summed E-state index contributed by atoms with van der Waals surface area (Å²) in [5.74, 6) is 0.459. The molecule has 1 fully saturated rings. The van der Waals surface area contributed by atoms with Crippen molar-refractivity contribution in [1.29, 1.82) is 0 Å². The molecule has 0 radical (unpaired) electrons. The zero-order chi connectivity index (χ0) is 26.5. The second kappa shape index (κ2) is 11.9. The van der Waals surface area contributed by atoms with E-state index in [4.69, 9.17) is 10.8 Å². The third-order valence-electron chi connectivity index (χ3n) is 8.20. The number of nitrogens with zero attached hydrogens (tertiary/aromatic N) is 1. The van der Waals surface area contributed by atoms with E-state index in [2.05, 4.69) is 79.3 Å². The molecule has 0 saturated carbocycles. The quantitative estimate of drug-likeness (QED) is 0.365. The number of nitrogens with two attached hydrogens (primary N) is 1. The lowest BCUT2D eigenvalue weighted by Gasteiger charge is -2.53. The number of rotatable bonds is 7. The van der Waals surface area contributed by atoms with Crippen LogP contribution in [0.3, 0.4) is 0 Å². The first-order chi connectivity index (χ1) is 17.8. The van der Waals surface area contributed by atoms with E-state index in [0.29, 0.717) is 35.9 Å². The number of carboxylic acid groups (broad SMARTS) is 1. The summed E-state index contributed by atoms with van der Waals surface area (Å²) >= 11 is 0. The molecule has 5 nitrogen and oxygen atoms in total. The molecule has 0 amide bonds. The standard InChI is InChI=1S/C32H41N3O2/c1-21(2)24-10-13-29(14-11-24)35-22(3)17-27-18-26(28(19-33)20-34-4)12-15-30(27)32(35)25-8-5-23(6-9-25)7-16-31(36)37/h5,7-8,10-13,15-16,18-22,27,29-30,32H,6,9,14,17,33H2,1-4H3,(H,36,37)/p+1/b16-7+,28-19?,34-20?. The lowest BCUT2D eigenvalue weighted by molar-refractivity contribution is -0.413. The number of carboxylic acids is 1. The molecule has 0 spiro atoms. The van der Waals surface area contributed by atoms with Gasteiger partial charge in [0, 0.05) is 36.3 Å². The molecule has 37 heavy (non-hydrogen) atoms. The summed E-state index contributed by atoms with van der Waals surface area (Å²) in [6.45, 7) is 6.90. The number of allylic oxidation sites excluding steroid dienone is 10. The first kappa shape index (κ1) is 26.9. The van der Waals surface area contributed by atoms with E-state index in [9.17, 15) is 4.79 Å². The lowest BCUT2D eigenvalue weighted by Crippen LogP contribution is -2.63. The van der Waals surface area contributed by atoms with Crippen LogP contribution in [0.4, 0.5) is 0 Å². The number of hydrogen-bond acceptors (Lipinski definition) is 3. The fourth-order valence-electron chi connectivity index (χ4n) is 6.36. The zero-order valence-electron chi connectivity index (χ0n) is 22.6. The minimum atomic E-state index is -0.903. The maximum absolute atomic E-state index is 11.0. The third-order valence-corrected chi connectivity index (χ3v) is 8.20. The Labute approximate surface area is 221 Å². The molecule has 1 saturated heterocycles. The van der Waals surface area contributed by atoms with Crippen LogP contribution in [0, 0.1) is 17.8 Å². The van der Waals surface area contributed by atoms with Crippen LogP contribution in [0.5, 0.6) is 0 Å². The van der Waals surface area contributed by atoms with Gasteiger partial charge < -0.3 is 10.8 Å². The summed E-state index contributed by atoms with van der Waals surface area (Å²) in [5, 5.41) is 9.02. The van der Waals surface area contributed by atoms with Gasteiger partial charge in [0.25, 0.3) is 0 Å². The van der Waals surface area contributed by atoms with E-state index >= 15 is 0 Å². The highest BCUT2D eigenvalue weighted by molar-refractivity contribution is 5.82. The Morgan fingerprint density at radius 2 is 2.03 bits per heavy atom. The van der Waals surface area contributed by atoms with Crippen molar-refractivity contribution in [2.24, 2.45) is 23.5 Å². The van der Waals surface area contributed by atoms with Gasteiger partial charge in [-0.1, -0.05) is 74.1 Å². The molecular formula is C32H42N3O2+. The van der Waals surface area contributed by atoms with Crippen LogP contribution in [-0.2, 0) is 4.79 Å². The number of fused-ring (bicyclic) bond motifs is 1. The Balaban J connectivity index is 1.69. The highest BCUT2D eigenvalue weighted by atomic mass is 16.4. The van der Waals surface area contributed by atoms with Crippen molar-refractivity contribution < 1.29 is 14.9 Å². The molecule has 5 atom stereocenters. The summed E-state index contributed by atoms with van der Waals surface area (Å²) in [5.41, 5.74) is 12.1. The second-order valence-electron chi connectivity index (χ2n) is 10.9. The Bertz CT molecular complexity index is 1160. The predicted molar refractivity (Wildman–Crippen MR) is 152 cm³/mol. The van der Waals surface area contributed by atoms with E-state index in [0.717, 1.165) is 36.8 Å². The Morgan fingerprint density at radius 1 is 1.22 bits per heavy atom. The normalized spacial score (nSPS) is 30.8. The molecule has 196 valence electrons. The number of nitrogens with one attached hydrogen (secondary N) is 1. The molecule has 0 aromatic heterocycles. The number of carbonyl (C=O) groups is 1. The van der Waals surface area contributed by atoms with Gasteiger partial charge in [0.15, 0.2) is 6.21 Å². The van der Waals surface area contributed by atoms with Crippen molar-refractivity contribution >= 4 is 12.2 Å². The number of hydrogen-bond donors (Lipinski definition) is 3. The van der Waals surface area contributed by atoms with Crippen LogP contribution in [0.2, 0.25) is 0 Å². The molecule has 1 heterocycles. The maximum Gasteiger partial charge on any atom is 0.328 e. The molecule has 0 bridgehead atoms. The molecule has 0 aromatic rings. The van der Waals surface area contributed by atoms with Gasteiger partial charge in [-0.2, -0.15) is 0 Å². The van der Waals surface area contributed by atoms with Crippen molar-refractivity contribution in [3.8, 4) is 0 Å². The Morgan fingerprint density at radius 3 is 2.62 bits per heavy atom. The number of aliphatic carboxylic acids is 1. The van der Waals surface area contributed by atoms with Gasteiger partial charge in [0.05, 0.1) is 5.57 Å². The summed E-state index contributed by atoms with van der Waals surface area (Å²) in [4.78, 5) is 16.9. The van der Waals surface area contributed by atoms with Gasteiger partial charge in [0.1, 0.15) is 7.05 Å². The zero-order valence-corrected chi connectivity index (χ0v) is 22.6. The molecule has 4 aliphatic rings. The highest BCUT2D eigenvalue weighted by Crippen LogP contribution is 2.45. The smallest absolute Gasteiger partial charge is 0.328 e. The van der Waals surface area contributed by atoms with Crippen LogP contribution in [0.25, 0.3) is 0 Å². The molecule has 4 rings (SSSR count). The first-order valence-corrected chi connectivity index (χ1v) is 13.6. The van der Waals surface area contributed by atoms with Crippen molar-refractivity contribution in [3.63, 3.8) is 0 Å². The molecule has 1 aliphatic heterocycles. The van der Waals surface area contributed by atoms with Crippen LogP contribution < -0.4 is 10.7 Å². The van der Waals surface area contributed by atoms with Crippen molar-refractivity contribution in [1.82, 2.24) is 4.90 Å². The second-order valence-corrected chi connectivity index (χ2v) is 10.9. The van der Waals surface area contributed by atoms with E-state index in [1.165, 1.54) is 22.8 Å². The largest absolute Gasteiger partial charge is 0.478 e. The van der Waals surface area contributed by atoms with E-state index in [1.54, 1.807) is 12.3 Å². The van der Waals surface area contributed by atoms with Gasteiger partial charge in [-0.05, 0) is 61.2 Å². The molecule has 0 aromatic carbocycles. The van der Waals surface area contributed by atoms with E-state index < -0.39 is 5.97 Å². The van der Waals surface area contributed by atoms with Crippen molar-refractivity contribution in [2.75, 3.05) is 7.05 Å². The molecule has 5 unspecified atom stereocenters. The van der Waals surface area contributed by atoms with E-state index in [-0.39, 0.29) is 0 Å². The van der Waals surface area contributed by atoms with Crippen molar-refractivity contribution in [2.45, 2.75) is 64.6 Å². The lowest BCUT2D eigenvalue weighted by atomic mass is 9.69. The summed E-state index contributed by atoms with van der Waals surface area (Å²) in [6, 6.07) is 1.10. The first-order valence-electron chi connectivity index (χ1n) is 13.6. The van der Waals surface area contributed by atoms with Gasteiger partial charge in [-0.25, -0.2) is 4.79 Å². The summed E-state index contributed by atoms with van der Waals surface area (Å²) in [7, 11) is 1.90. The van der Waals surface area contributed by atoms with Crippen LogP contribution in [0.1, 0.15) is 46.5 Å². The SMILES string of the molecule is C[NH+]=CC(=CN)C1=CC2CC(C)N(C3C=CC(C(C)C)=CC3)C(C3=CC=C(/C=C/C(=O)O)CC3)C2C=C1. The Hall–Kier alpha value is -3.18. The summed E-state index contributed by atoms with van der Waals surface area (Å²) < 4.78 is 0. The van der Waals surface area contributed by atoms with Crippen LogP contribution in [-0.4, -0.2) is 47.4 Å². The third kappa shape index (κ3) is 6.04. The maximum atomic E-state index is 11.0. The van der Waals surface area contributed by atoms with Gasteiger partial charge in [-0.3, -0.25) is 9.89 Å². The average molecular weight is 501 g/mol. The molecule has 4 N–H and O–H groups in total. The Kier molecular flexibility index (Phi) is 8.65. The topological polar surface area (TPSA) is 80.5 Å². The minimum Gasteiger partial charge on any atom is -0.478 e. The van der Waals surface area contributed by atoms with Gasteiger partial charge in [0.2, 0.25) is 0 Å². The van der Waals surface area contributed by atoms with Crippen LogP contribution >= 0.6 is 0 Å². The molecule has 3 aliphatic carbocycles. The van der Waals surface area contributed by atoms with E-state index in [1.807, 2.05) is 13.3 Å². The monoisotopic (exact) mass is 500 g/mol. The predicted octanol–water partition coefficient (Wildman–Crippen LogP) is 4.00. The molecular weight excluding hydrogens is 458 g/mol. The van der Waals surface area contributed by atoms with Gasteiger partial charge in [-0.15, -0.1) is 0 Å². The molecule has 5 heteroatoms. The minimum absolute atomic E-state index is 0.297. The van der Waals surface area contributed by atoms with Crippen molar-refractivity contribution in [3.05, 3.63) is 94.8 Å². The number of likely N-dealkylation sites (tertiary alicyclic amines) is 1. The fraction of sp³-hybridized carbons (Fsp3) is 0.438. The fourth-order valence-corrected chi connectivity index (χ4v) is 6.36. The van der Waals surface area contributed by atoms with Gasteiger partial charge >= 0.3 is 5.97 Å². The summed E-state index contributed by atoms with van der Waals surface area (Å²) in [6.07, 6.45) is 29.2. The number of piperidine rings is 1.